The monoisotopic (exact) mass is 365 g/mol. The highest BCUT2D eigenvalue weighted by molar-refractivity contribution is 9.10. The van der Waals surface area contributed by atoms with Gasteiger partial charge in [-0.25, -0.2) is 9.18 Å². The average Bonchev–Trinajstić information content (AvgIpc) is 2.77. The van der Waals surface area contributed by atoms with Crippen LogP contribution in [0.4, 0.5) is 17.6 Å². The van der Waals surface area contributed by atoms with Crippen LogP contribution >= 0.6 is 15.9 Å². The first kappa shape index (κ1) is 15.6. The van der Waals surface area contributed by atoms with Crippen molar-refractivity contribution in [2.24, 2.45) is 0 Å². The van der Waals surface area contributed by atoms with E-state index in [4.69, 9.17) is 5.11 Å². The Bertz CT molecular complexity index is 694. The van der Waals surface area contributed by atoms with Crippen molar-refractivity contribution in [2.45, 2.75) is 12.7 Å². The van der Waals surface area contributed by atoms with Crippen LogP contribution in [0.15, 0.2) is 35.1 Å². The first-order valence-corrected chi connectivity index (χ1v) is 6.42. The smallest absolute Gasteiger partial charge is 0.418 e. The summed E-state index contributed by atoms with van der Waals surface area (Å²) < 4.78 is 53.4. The lowest BCUT2D eigenvalue weighted by molar-refractivity contribution is -0.138. The molecule has 21 heavy (non-hydrogen) atoms. The second kappa shape index (κ2) is 5.51. The molecule has 0 spiro atoms. The summed E-state index contributed by atoms with van der Waals surface area (Å²) in [5.41, 5.74) is -1.97. The van der Waals surface area contributed by atoms with E-state index in [0.717, 1.165) is 10.8 Å². The number of hydrogen-bond donors (Lipinski definition) is 1. The Morgan fingerprint density at radius 1 is 1.29 bits per heavy atom. The van der Waals surface area contributed by atoms with Crippen molar-refractivity contribution in [1.82, 2.24) is 4.57 Å². The fraction of sp³-hybridized carbons (Fsp3) is 0.154. The number of carboxylic acid groups (broad SMARTS) is 1. The lowest BCUT2D eigenvalue weighted by Crippen LogP contribution is -2.09. The summed E-state index contributed by atoms with van der Waals surface area (Å²) >= 11 is 3.07. The highest BCUT2D eigenvalue weighted by Crippen LogP contribution is 2.33. The molecule has 0 atom stereocenters. The third-order valence-electron chi connectivity index (χ3n) is 2.78. The maximum absolute atomic E-state index is 13.7. The van der Waals surface area contributed by atoms with Crippen LogP contribution in [0, 0.1) is 5.82 Å². The molecule has 0 saturated heterocycles. The van der Waals surface area contributed by atoms with Gasteiger partial charge in [0.1, 0.15) is 5.82 Å². The first-order chi connectivity index (χ1) is 9.68. The van der Waals surface area contributed by atoms with Crippen LogP contribution in [0.3, 0.4) is 0 Å². The molecule has 1 aromatic carbocycles. The Hall–Kier alpha value is -1.83. The van der Waals surface area contributed by atoms with Gasteiger partial charge in [0.2, 0.25) is 0 Å². The molecule has 1 N–H and O–H groups in total. The second-order valence-corrected chi connectivity index (χ2v) is 5.21. The molecular formula is C13H8BrF4NO2. The van der Waals surface area contributed by atoms with E-state index in [9.17, 15) is 22.4 Å². The molecule has 0 unspecified atom stereocenters. The molecule has 0 bridgehead atoms. The zero-order valence-electron chi connectivity index (χ0n) is 10.3. The lowest BCUT2D eigenvalue weighted by atomic mass is 10.2. The summed E-state index contributed by atoms with van der Waals surface area (Å²) in [4.78, 5) is 10.9. The minimum Gasteiger partial charge on any atom is -0.478 e. The van der Waals surface area contributed by atoms with Crippen LogP contribution in [0.2, 0.25) is 0 Å². The predicted molar refractivity (Wildman–Crippen MR) is 69.6 cm³/mol. The number of rotatable bonds is 3. The highest BCUT2D eigenvalue weighted by atomic mass is 79.9. The Morgan fingerprint density at radius 3 is 2.43 bits per heavy atom. The Balaban J connectivity index is 2.39. The fourth-order valence-corrected chi connectivity index (χ4v) is 2.18. The van der Waals surface area contributed by atoms with Crippen LogP contribution in [0.5, 0.6) is 0 Å². The van der Waals surface area contributed by atoms with E-state index in [1.54, 1.807) is 6.07 Å². The number of carbonyl (C=O) groups is 1. The second-order valence-electron chi connectivity index (χ2n) is 4.30. The minimum absolute atomic E-state index is 0.152. The summed E-state index contributed by atoms with van der Waals surface area (Å²) in [6.07, 6.45) is -3.28. The molecule has 8 heteroatoms. The van der Waals surface area contributed by atoms with Gasteiger partial charge in [0.15, 0.2) is 0 Å². The molecule has 2 aromatic rings. The fourth-order valence-electron chi connectivity index (χ4n) is 1.84. The summed E-state index contributed by atoms with van der Waals surface area (Å²) in [5, 5.41) is 8.81. The number of halogens is 5. The van der Waals surface area contributed by atoms with Gasteiger partial charge >= 0.3 is 12.1 Å². The van der Waals surface area contributed by atoms with Crippen LogP contribution < -0.4 is 0 Å². The molecule has 0 radical (unpaired) electrons. The van der Waals surface area contributed by atoms with E-state index in [1.165, 1.54) is 12.1 Å². The average molecular weight is 366 g/mol. The van der Waals surface area contributed by atoms with E-state index < -0.39 is 29.1 Å². The van der Waals surface area contributed by atoms with Crippen LogP contribution in [0.1, 0.15) is 21.5 Å². The molecule has 3 nitrogen and oxygen atoms in total. The predicted octanol–water partition coefficient (Wildman–Crippen LogP) is 4.16. The maximum atomic E-state index is 13.7. The molecule has 0 aliphatic carbocycles. The number of hydrogen-bond acceptors (Lipinski definition) is 1. The number of alkyl halides is 3. The molecular weight excluding hydrogens is 358 g/mol. The quantitative estimate of drug-likeness (QED) is 0.830. The van der Waals surface area contributed by atoms with Gasteiger partial charge in [0, 0.05) is 29.0 Å². The third-order valence-corrected chi connectivity index (χ3v) is 3.28. The van der Waals surface area contributed by atoms with E-state index in [-0.39, 0.29) is 12.1 Å². The Kier molecular flexibility index (Phi) is 4.08. The molecule has 1 heterocycles. The minimum atomic E-state index is -4.78. The van der Waals surface area contributed by atoms with Gasteiger partial charge in [0.05, 0.1) is 11.1 Å². The summed E-state index contributed by atoms with van der Waals surface area (Å²) in [6.45, 7) is -0.199. The van der Waals surface area contributed by atoms with Crippen molar-refractivity contribution in [3.05, 3.63) is 57.6 Å². The lowest BCUT2D eigenvalue weighted by Gasteiger charge is -2.06. The summed E-state index contributed by atoms with van der Waals surface area (Å²) in [6, 6.07) is 4.14. The van der Waals surface area contributed by atoms with Gasteiger partial charge in [0.25, 0.3) is 0 Å². The standard InChI is InChI=1S/C13H8BrF4NO2/c14-8-2-1-7(11(15)3-8)4-19-5-9(12(20)21)10(6-19)13(16,17)18/h1-3,5-6H,4H2,(H,20,21). The van der Waals surface area contributed by atoms with E-state index >= 15 is 0 Å². The molecule has 112 valence electrons. The van der Waals surface area contributed by atoms with E-state index in [2.05, 4.69) is 15.9 Å². The van der Waals surface area contributed by atoms with Gasteiger partial charge in [-0.2, -0.15) is 13.2 Å². The van der Waals surface area contributed by atoms with Crippen molar-refractivity contribution in [3.8, 4) is 0 Å². The molecule has 0 saturated carbocycles. The van der Waals surface area contributed by atoms with Crippen molar-refractivity contribution in [2.75, 3.05) is 0 Å². The van der Waals surface area contributed by atoms with E-state index in [1.807, 2.05) is 0 Å². The van der Waals surface area contributed by atoms with Crippen LogP contribution in [0.25, 0.3) is 0 Å². The number of aromatic nitrogens is 1. The SMILES string of the molecule is O=C(O)c1cn(Cc2ccc(Br)cc2F)cc1C(F)(F)F. The third kappa shape index (κ3) is 3.44. The molecule has 0 aliphatic rings. The normalized spacial score (nSPS) is 11.7. The molecule has 0 aliphatic heterocycles. The first-order valence-electron chi connectivity index (χ1n) is 5.62. The van der Waals surface area contributed by atoms with Gasteiger partial charge in [-0.05, 0) is 12.1 Å². The molecule has 2 rings (SSSR count). The van der Waals surface area contributed by atoms with Crippen molar-refractivity contribution < 1.29 is 27.5 Å². The molecule has 1 aromatic heterocycles. The zero-order chi connectivity index (χ0) is 15.8. The molecule has 0 fully saturated rings. The topological polar surface area (TPSA) is 42.2 Å². The van der Waals surface area contributed by atoms with Gasteiger partial charge in [-0.1, -0.05) is 22.0 Å². The number of nitrogens with zero attached hydrogens (tertiary/aromatic N) is 1. The Morgan fingerprint density at radius 2 is 1.95 bits per heavy atom. The zero-order valence-corrected chi connectivity index (χ0v) is 11.9. The summed E-state index contributed by atoms with van der Waals surface area (Å²) in [5.74, 6) is -2.28. The van der Waals surface area contributed by atoms with Crippen LogP contribution in [-0.2, 0) is 12.7 Å². The van der Waals surface area contributed by atoms with Crippen molar-refractivity contribution in [1.29, 1.82) is 0 Å². The maximum Gasteiger partial charge on any atom is 0.418 e. The van der Waals surface area contributed by atoms with Crippen molar-refractivity contribution >= 4 is 21.9 Å². The van der Waals surface area contributed by atoms with Gasteiger partial charge in [-0.3, -0.25) is 0 Å². The molecule has 0 amide bonds. The van der Waals surface area contributed by atoms with Crippen LogP contribution in [-0.4, -0.2) is 15.6 Å². The Labute approximate surface area is 124 Å². The highest BCUT2D eigenvalue weighted by Gasteiger charge is 2.37. The largest absolute Gasteiger partial charge is 0.478 e. The number of aromatic carboxylic acids is 1. The van der Waals surface area contributed by atoms with Gasteiger partial charge < -0.3 is 9.67 Å². The van der Waals surface area contributed by atoms with E-state index in [0.29, 0.717) is 10.7 Å². The van der Waals surface area contributed by atoms with Crippen molar-refractivity contribution in [3.63, 3.8) is 0 Å². The number of benzene rings is 1. The number of carboxylic acids is 1. The van der Waals surface area contributed by atoms with Gasteiger partial charge in [-0.15, -0.1) is 0 Å². The summed E-state index contributed by atoms with van der Waals surface area (Å²) in [7, 11) is 0.